The van der Waals surface area contributed by atoms with E-state index in [9.17, 15) is 17.6 Å². The third-order valence-electron chi connectivity index (χ3n) is 2.94. The molecule has 0 N–H and O–H groups in total. The molecular weight excluding hydrogens is 273 g/mol. The summed E-state index contributed by atoms with van der Waals surface area (Å²) in [6.45, 7) is -0.426. The van der Waals surface area contributed by atoms with Crippen LogP contribution in [0.4, 0.5) is 10.1 Å². The number of ether oxygens (including phenoxy) is 1. The summed E-state index contributed by atoms with van der Waals surface area (Å²) in [5, 5.41) is 0. The fourth-order valence-electron chi connectivity index (χ4n) is 2.06. The molecule has 1 fully saturated rings. The summed E-state index contributed by atoms with van der Waals surface area (Å²) < 4.78 is 42.3. The van der Waals surface area contributed by atoms with E-state index in [1.807, 2.05) is 0 Å². The van der Waals surface area contributed by atoms with Crippen LogP contribution in [0.5, 0.6) is 0 Å². The second-order valence-corrected chi connectivity index (χ2v) is 6.27. The summed E-state index contributed by atoms with van der Waals surface area (Å²) in [4.78, 5) is 11.5. The number of carbonyl (C=O) groups is 1. The monoisotopic (exact) mass is 287 g/mol. The maximum atomic E-state index is 12.8. The van der Waals surface area contributed by atoms with Crippen LogP contribution in [0.3, 0.4) is 0 Å². The van der Waals surface area contributed by atoms with E-state index in [4.69, 9.17) is 0 Å². The van der Waals surface area contributed by atoms with E-state index in [1.54, 1.807) is 0 Å². The van der Waals surface area contributed by atoms with Gasteiger partial charge in [0.1, 0.15) is 6.67 Å². The molecule has 7 heteroatoms. The summed E-state index contributed by atoms with van der Waals surface area (Å²) >= 11 is 0. The first-order valence-electron chi connectivity index (χ1n) is 5.76. The summed E-state index contributed by atoms with van der Waals surface area (Å²) in [7, 11) is -2.14. The lowest BCUT2D eigenvalue weighted by Gasteiger charge is -2.18. The highest BCUT2D eigenvalue weighted by atomic mass is 32.2. The third kappa shape index (κ3) is 2.70. The molecule has 1 saturated heterocycles. The van der Waals surface area contributed by atoms with Gasteiger partial charge in [-0.1, -0.05) is 0 Å². The topological polar surface area (TPSA) is 63.7 Å². The summed E-state index contributed by atoms with van der Waals surface area (Å²) in [6, 6.07) is 4.21. The molecular formula is C12H14FNO4S. The van der Waals surface area contributed by atoms with Crippen LogP contribution >= 0.6 is 0 Å². The second-order valence-electron chi connectivity index (χ2n) is 4.26. The molecule has 5 nitrogen and oxygen atoms in total. The molecule has 0 aliphatic carbocycles. The average Bonchev–Trinajstić information content (AvgIpc) is 2.76. The lowest BCUT2D eigenvalue weighted by molar-refractivity contribution is 0.0600. The van der Waals surface area contributed by atoms with E-state index in [-0.39, 0.29) is 16.9 Å². The zero-order valence-electron chi connectivity index (χ0n) is 10.4. The molecule has 19 heavy (non-hydrogen) atoms. The van der Waals surface area contributed by atoms with Crippen LogP contribution in [0.2, 0.25) is 0 Å². The van der Waals surface area contributed by atoms with Gasteiger partial charge < -0.3 is 4.74 Å². The molecule has 1 aromatic carbocycles. The van der Waals surface area contributed by atoms with Gasteiger partial charge >= 0.3 is 5.97 Å². The lowest BCUT2D eigenvalue weighted by Crippen LogP contribution is -2.25. The van der Waals surface area contributed by atoms with Crippen LogP contribution in [0.15, 0.2) is 18.2 Å². The Morgan fingerprint density at radius 1 is 1.42 bits per heavy atom. The first-order valence-corrected chi connectivity index (χ1v) is 7.37. The summed E-state index contributed by atoms with van der Waals surface area (Å²) in [5.74, 6) is -0.548. The van der Waals surface area contributed by atoms with Crippen molar-refractivity contribution in [2.24, 2.45) is 0 Å². The van der Waals surface area contributed by atoms with E-state index in [0.717, 1.165) is 0 Å². The van der Waals surface area contributed by atoms with Crippen molar-refractivity contribution >= 4 is 21.7 Å². The van der Waals surface area contributed by atoms with Crippen molar-refractivity contribution in [2.75, 3.05) is 23.7 Å². The number of rotatable bonds is 3. The van der Waals surface area contributed by atoms with Crippen molar-refractivity contribution in [3.63, 3.8) is 0 Å². The SMILES string of the molecule is COC(=O)c1cc(CF)cc(N2CCCS2(=O)=O)c1. The third-order valence-corrected chi connectivity index (χ3v) is 4.81. The maximum absolute atomic E-state index is 12.8. The Kier molecular flexibility index (Phi) is 3.75. The predicted octanol–water partition coefficient (Wildman–Crippen LogP) is 1.48. The number of carbonyl (C=O) groups excluding carboxylic acids is 1. The molecule has 1 heterocycles. The number of sulfonamides is 1. The number of benzene rings is 1. The van der Waals surface area contributed by atoms with Gasteiger partial charge in [0.2, 0.25) is 10.0 Å². The van der Waals surface area contributed by atoms with Crippen LogP contribution in [0.25, 0.3) is 0 Å². The number of hydrogen-bond acceptors (Lipinski definition) is 4. The van der Waals surface area contributed by atoms with Crippen LogP contribution in [-0.4, -0.2) is 33.8 Å². The van der Waals surface area contributed by atoms with Gasteiger partial charge in [-0.05, 0) is 30.2 Å². The van der Waals surface area contributed by atoms with Gasteiger partial charge in [0.25, 0.3) is 0 Å². The predicted molar refractivity (Wildman–Crippen MR) is 68.3 cm³/mol. The zero-order chi connectivity index (χ0) is 14.0. The fraction of sp³-hybridized carbons (Fsp3) is 0.417. The first-order chi connectivity index (χ1) is 8.97. The Hall–Kier alpha value is -1.63. The highest BCUT2D eigenvalue weighted by Gasteiger charge is 2.29. The molecule has 104 valence electrons. The van der Waals surface area contributed by atoms with E-state index < -0.39 is 22.7 Å². The molecule has 0 unspecified atom stereocenters. The largest absolute Gasteiger partial charge is 0.465 e. The zero-order valence-corrected chi connectivity index (χ0v) is 11.2. The number of hydrogen-bond donors (Lipinski definition) is 0. The molecule has 0 bridgehead atoms. The Labute approximate surface area is 111 Å². The average molecular weight is 287 g/mol. The lowest BCUT2D eigenvalue weighted by atomic mass is 10.1. The second kappa shape index (κ2) is 5.16. The molecule has 0 spiro atoms. The normalized spacial score (nSPS) is 17.5. The molecule has 0 aromatic heterocycles. The number of alkyl halides is 1. The first kappa shape index (κ1) is 13.8. The molecule has 1 aromatic rings. The van der Waals surface area contributed by atoms with Crippen LogP contribution in [0.1, 0.15) is 22.3 Å². The number of methoxy groups -OCH3 is 1. The fourth-order valence-corrected chi connectivity index (χ4v) is 3.61. The highest BCUT2D eigenvalue weighted by molar-refractivity contribution is 7.93. The van der Waals surface area contributed by atoms with Crippen molar-refractivity contribution in [1.29, 1.82) is 0 Å². The Morgan fingerprint density at radius 3 is 2.68 bits per heavy atom. The molecule has 0 radical (unpaired) electrons. The van der Waals surface area contributed by atoms with Crippen LogP contribution in [-0.2, 0) is 21.4 Å². The molecule has 0 saturated carbocycles. The Balaban J connectivity index is 2.48. The van der Waals surface area contributed by atoms with Crippen LogP contribution in [0, 0.1) is 0 Å². The quantitative estimate of drug-likeness (QED) is 0.790. The van der Waals surface area contributed by atoms with Gasteiger partial charge in [0.05, 0.1) is 24.1 Å². The molecule has 2 rings (SSSR count). The van der Waals surface area contributed by atoms with E-state index in [0.29, 0.717) is 18.7 Å². The van der Waals surface area contributed by atoms with Gasteiger partial charge in [0.15, 0.2) is 0 Å². The molecule has 1 aliphatic heterocycles. The molecule has 0 amide bonds. The minimum atomic E-state index is -3.36. The van der Waals surface area contributed by atoms with Gasteiger partial charge in [-0.3, -0.25) is 4.31 Å². The van der Waals surface area contributed by atoms with Gasteiger partial charge in [-0.25, -0.2) is 17.6 Å². The molecule has 1 aliphatic rings. The van der Waals surface area contributed by atoms with Gasteiger partial charge in [-0.2, -0.15) is 0 Å². The standard InChI is InChI=1S/C12H14FNO4S/c1-18-12(15)10-5-9(8-13)6-11(7-10)14-3-2-4-19(14,16)17/h5-7H,2-4,8H2,1H3. The Bertz CT molecular complexity index is 600. The Morgan fingerprint density at radius 2 is 2.16 bits per heavy atom. The number of esters is 1. The van der Waals surface area contributed by atoms with Crippen molar-refractivity contribution < 1.29 is 22.3 Å². The van der Waals surface area contributed by atoms with E-state index >= 15 is 0 Å². The van der Waals surface area contributed by atoms with Crippen LogP contribution < -0.4 is 4.31 Å². The minimum Gasteiger partial charge on any atom is -0.465 e. The highest BCUT2D eigenvalue weighted by Crippen LogP contribution is 2.27. The number of nitrogens with zero attached hydrogens (tertiary/aromatic N) is 1. The van der Waals surface area contributed by atoms with E-state index in [2.05, 4.69) is 4.74 Å². The van der Waals surface area contributed by atoms with Crippen molar-refractivity contribution in [1.82, 2.24) is 0 Å². The van der Waals surface area contributed by atoms with Crippen molar-refractivity contribution in [2.45, 2.75) is 13.1 Å². The van der Waals surface area contributed by atoms with Crippen molar-refractivity contribution in [3.8, 4) is 0 Å². The van der Waals surface area contributed by atoms with Gasteiger partial charge in [-0.15, -0.1) is 0 Å². The smallest absolute Gasteiger partial charge is 0.337 e. The van der Waals surface area contributed by atoms with Gasteiger partial charge in [0, 0.05) is 6.54 Å². The van der Waals surface area contributed by atoms with E-state index in [1.165, 1.54) is 29.6 Å². The summed E-state index contributed by atoms with van der Waals surface area (Å²) in [6.07, 6.45) is 0.524. The minimum absolute atomic E-state index is 0.0699. The van der Waals surface area contributed by atoms with Crippen molar-refractivity contribution in [3.05, 3.63) is 29.3 Å². The molecule has 0 atom stereocenters. The summed E-state index contributed by atoms with van der Waals surface area (Å²) in [5.41, 5.74) is 0.711. The number of halogens is 1. The number of anilines is 1. The maximum Gasteiger partial charge on any atom is 0.337 e.